The zero-order chi connectivity index (χ0) is 12.4. The summed E-state index contributed by atoms with van der Waals surface area (Å²) in [6, 6.07) is 1.63. The number of aromatic nitrogens is 2. The summed E-state index contributed by atoms with van der Waals surface area (Å²) in [5.74, 6) is 0. The summed E-state index contributed by atoms with van der Waals surface area (Å²) < 4.78 is 8.27. The maximum atomic E-state index is 9.52. The van der Waals surface area contributed by atoms with E-state index < -0.39 is 6.10 Å². The van der Waals surface area contributed by atoms with Crippen LogP contribution in [0.4, 0.5) is 5.69 Å². The number of hydrogen-bond donors (Lipinski definition) is 2. The molecule has 0 saturated carbocycles. The summed E-state index contributed by atoms with van der Waals surface area (Å²) in [6.07, 6.45) is 0.264. The topological polar surface area (TPSA) is 58.0 Å². The number of nitrogens with zero attached hydrogens (tertiary/aromatic N) is 2. The zero-order valence-electron chi connectivity index (χ0n) is 9.07. The van der Waals surface area contributed by atoms with Crippen LogP contribution >= 0.6 is 34.9 Å². The number of halogens is 2. The molecule has 1 heterocycles. The summed E-state index contributed by atoms with van der Waals surface area (Å²) in [7, 11) is 0. The first-order valence-electron chi connectivity index (χ1n) is 5.15. The highest BCUT2D eigenvalue weighted by Gasteiger charge is 2.14. The average molecular weight is 292 g/mol. The Morgan fingerprint density at radius 3 is 2.76 bits per heavy atom. The third-order valence-corrected chi connectivity index (χ3v) is 3.54. The molecule has 0 aliphatic carbocycles. The van der Waals surface area contributed by atoms with Gasteiger partial charge in [-0.1, -0.05) is 30.1 Å². The highest BCUT2D eigenvalue weighted by atomic mass is 35.5. The number of hydrogen-bond acceptors (Lipinski definition) is 5. The quantitative estimate of drug-likeness (QED) is 0.908. The number of aliphatic hydroxyl groups is 1. The highest BCUT2D eigenvalue weighted by molar-refractivity contribution is 7.00. The minimum absolute atomic E-state index is 0.414. The summed E-state index contributed by atoms with van der Waals surface area (Å²) in [5, 5.41) is 13.6. The van der Waals surface area contributed by atoms with Gasteiger partial charge in [0.25, 0.3) is 0 Å². The fourth-order valence-electron chi connectivity index (χ4n) is 1.41. The molecule has 0 aliphatic rings. The van der Waals surface area contributed by atoms with Crippen molar-refractivity contribution in [3.05, 3.63) is 16.1 Å². The third kappa shape index (κ3) is 2.63. The maximum absolute atomic E-state index is 9.52. The Balaban J connectivity index is 2.35. The van der Waals surface area contributed by atoms with Gasteiger partial charge in [-0.25, -0.2) is 0 Å². The number of nitrogens with one attached hydrogen (secondary N) is 1. The molecule has 2 aromatic rings. The van der Waals surface area contributed by atoms with Crippen molar-refractivity contribution in [1.29, 1.82) is 0 Å². The monoisotopic (exact) mass is 291 g/mol. The molecule has 0 bridgehead atoms. The molecule has 4 nitrogen and oxygen atoms in total. The summed E-state index contributed by atoms with van der Waals surface area (Å²) >= 11 is 13.2. The molecule has 0 fully saturated rings. The van der Waals surface area contributed by atoms with Crippen LogP contribution in [0, 0.1) is 0 Å². The van der Waals surface area contributed by atoms with Crippen molar-refractivity contribution in [1.82, 2.24) is 8.75 Å². The van der Waals surface area contributed by atoms with E-state index in [9.17, 15) is 5.11 Å². The molecule has 1 aromatic carbocycles. The molecule has 17 heavy (non-hydrogen) atoms. The summed E-state index contributed by atoms with van der Waals surface area (Å²) in [6.45, 7) is 2.33. The number of fused-ring (bicyclic) bond motifs is 1. The van der Waals surface area contributed by atoms with Crippen LogP contribution < -0.4 is 5.32 Å². The standard InChI is InChI=1S/C10H11Cl2N3OS/c1-2-5(16)4-13-8-6(11)3-7(12)9-10(8)15-17-14-9/h3,5,13,16H,2,4H2,1H3. The lowest BCUT2D eigenvalue weighted by Crippen LogP contribution is -2.18. The Kier molecular flexibility index (Phi) is 4.04. The van der Waals surface area contributed by atoms with E-state index in [4.69, 9.17) is 23.2 Å². The Bertz CT molecular complexity index is 531. The minimum Gasteiger partial charge on any atom is -0.391 e. The average Bonchev–Trinajstić information content (AvgIpc) is 2.77. The summed E-state index contributed by atoms with van der Waals surface area (Å²) in [4.78, 5) is 0. The molecule has 1 unspecified atom stereocenters. The Hall–Kier alpha value is -0.620. The maximum Gasteiger partial charge on any atom is 0.130 e. The van der Waals surface area contributed by atoms with Crippen LogP contribution in [0.3, 0.4) is 0 Å². The van der Waals surface area contributed by atoms with E-state index in [-0.39, 0.29) is 0 Å². The van der Waals surface area contributed by atoms with Crippen molar-refractivity contribution in [3.8, 4) is 0 Å². The van der Waals surface area contributed by atoms with E-state index in [1.807, 2.05) is 6.92 Å². The van der Waals surface area contributed by atoms with Gasteiger partial charge >= 0.3 is 0 Å². The second-order valence-corrected chi connectivity index (χ2v) is 4.96. The van der Waals surface area contributed by atoms with Gasteiger partial charge < -0.3 is 10.4 Å². The van der Waals surface area contributed by atoms with E-state index in [2.05, 4.69) is 14.1 Å². The lowest BCUT2D eigenvalue weighted by Gasteiger charge is -2.12. The molecular formula is C10H11Cl2N3OS. The molecule has 2 N–H and O–H groups in total. The molecule has 0 spiro atoms. The SMILES string of the molecule is CCC(O)CNc1c(Cl)cc(Cl)c2nsnc12. The lowest BCUT2D eigenvalue weighted by atomic mass is 10.2. The second kappa shape index (κ2) is 5.35. The fraction of sp³-hybridized carbons (Fsp3) is 0.400. The van der Waals surface area contributed by atoms with Gasteiger partial charge in [-0.2, -0.15) is 8.75 Å². The van der Waals surface area contributed by atoms with Crippen molar-refractivity contribution in [3.63, 3.8) is 0 Å². The van der Waals surface area contributed by atoms with Gasteiger partial charge in [0.2, 0.25) is 0 Å². The first-order chi connectivity index (χ1) is 8.13. The molecule has 0 radical (unpaired) electrons. The predicted molar refractivity (Wildman–Crippen MR) is 72.2 cm³/mol. The molecule has 0 saturated heterocycles. The van der Waals surface area contributed by atoms with Gasteiger partial charge in [-0.05, 0) is 12.5 Å². The summed E-state index contributed by atoms with van der Waals surface area (Å²) in [5.41, 5.74) is 1.96. The van der Waals surface area contributed by atoms with Gasteiger partial charge in [0.1, 0.15) is 11.0 Å². The molecule has 7 heteroatoms. The van der Waals surface area contributed by atoms with Crippen molar-refractivity contribution < 1.29 is 5.11 Å². The third-order valence-electron chi connectivity index (χ3n) is 2.43. The number of benzene rings is 1. The van der Waals surface area contributed by atoms with Crippen LogP contribution in [0.15, 0.2) is 6.07 Å². The Morgan fingerprint density at radius 1 is 1.35 bits per heavy atom. The van der Waals surface area contributed by atoms with E-state index in [1.54, 1.807) is 6.07 Å². The first kappa shape index (κ1) is 12.8. The second-order valence-electron chi connectivity index (χ2n) is 3.62. The molecule has 2 rings (SSSR count). The van der Waals surface area contributed by atoms with Gasteiger partial charge in [-0.3, -0.25) is 0 Å². The van der Waals surface area contributed by atoms with Gasteiger partial charge in [0.15, 0.2) is 0 Å². The van der Waals surface area contributed by atoms with Crippen molar-refractivity contribution in [2.45, 2.75) is 19.4 Å². The fourth-order valence-corrected chi connectivity index (χ4v) is 2.59. The van der Waals surface area contributed by atoms with Crippen molar-refractivity contribution in [2.75, 3.05) is 11.9 Å². The van der Waals surface area contributed by atoms with Crippen LogP contribution in [0.25, 0.3) is 11.0 Å². The van der Waals surface area contributed by atoms with Crippen molar-refractivity contribution >= 4 is 51.7 Å². The first-order valence-corrected chi connectivity index (χ1v) is 6.64. The van der Waals surface area contributed by atoms with Crippen LogP contribution in [0.5, 0.6) is 0 Å². The Labute approximate surface area is 113 Å². The minimum atomic E-state index is -0.414. The van der Waals surface area contributed by atoms with Crippen LogP contribution in [0.2, 0.25) is 10.0 Å². The van der Waals surface area contributed by atoms with Crippen LogP contribution in [0.1, 0.15) is 13.3 Å². The molecule has 92 valence electrons. The van der Waals surface area contributed by atoms with Gasteiger partial charge in [0, 0.05) is 6.54 Å². The molecule has 0 amide bonds. The van der Waals surface area contributed by atoms with E-state index in [0.717, 1.165) is 11.7 Å². The van der Waals surface area contributed by atoms with Crippen LogP contribution in [-0.2, 0) is 0 Å². The lowest BCUT2D eigenvalue weighted by molar-refractivity contribution is 0.183. The molecular weight excluding hydrogens is 281 g/mol. The molecule has 1 atom stereocenters. The van der Waals surface area contributed by atoms with Gasteiger partial charge in [-0.15, -0.1) is 0 Å². The van der Waals surface area contributed by atoms with E-state index in [0.29, 0.717) is 39.7 Å². The number of rotatable bonds is 4. The molecule has 0 aliphatic heterocycles. The van der Waals surface area contributed by atoms with Gasteiger partial charge in [0.05, 0.1) is 33.6 Å². The number of anilines is 1. The van der Waals surface area contributed by atoms with E-state index in [1.165, 1.54) is 0 Å². The van der Waals surface area contributed by atoms with Crippen molar-refractivity contribution in [2.24, 2.45) is 0 Å². The molecule has 1 aromatic heterocycles. The highest BCUT2D eigenvalue weighted by Crippen LogP contribution is 2.35. The smallest absolute Gasteiger partial charge is 0.130 e. The largest absolute Gasteiger partial charge is 0.391 e. The Morgan fingerprint density at radius 2 is 2.06 bits per heavy atom. The normalized spacial score (nSPS) is 12.9. The zero-order valence-corrected chi connectivity index (χ0v) is 11.4. The van der Waals surface area contributed by atoms with Crippen LogP contribution in [-0.4, -0.2) is 26.5 Å². The predicted octanol–water partition coefficient (Wildman–Crippen LogP) is 3.18. The van der Waals surface area contributed by atoms with E-state index >= 15 is 0 Å². The number of aliphatic hydroxyl groups excluding tert-OH is 1.